The molecule has 0 saturated carbocycles. The molecule has 8 heteroatoms. The fraction of sp³-hybridized carbons (Fsp3) is 0.385. The molecule has 1 amide bonds. The lowest BCUT2D eigenvalue weighted by atomic mass is 10.0. The number of hydrogen-bond donors (Lipinski definition) is 1. The number of nitrogens with zero attached hydrogens (tertiary/aromatic N) is 2. The predicted octanol–water partition coefficient (Wildman–Crippen LogP) is 5.18. The molecule has 2 aromatic carbocycles. The van der Waals surface area contributed by atoms with Crippen LogP contribution in [-0.4, -0.2) is 43.3 Å². The van der Waals surface area contributed by atoms with E-state index >= 15 is 0 Å². The average Bonchev–Trinajstić information content (AvgIpc) is 2.84. The van der Waals surface area contributed by atoms with Gasteiger partial charge in [0, 0.05) is 24.2 Å². The number of benzene rings is 2. The molecule has 180 valence electrons. The summed E-state index contributed by atoms with van der Waals surface area (Å²) in [5, 5.41) is 3.65. The topological polar surface area (TPSA) is 88.6 Å². The Hall–Kier alpha value is -2.97. The van der Waals surface area contributed by atoms with Crippen molar-refractivity contribution in [3.05, 3.63) is 59.8 Å². The minimum Gasteiger partial charge on any atom is -0.492 e. The van der Waals surface area contributed by atoms with Gasteiger partial charge >= 0.3 is 0 Å². The van der Waals surface area contributed by atoms with Gasteiger partial charge in [0.1, 0.15) is 5.75 Å². The zero-order valence-corrected chi connectivity index (χ0v) is 20.7. The smallest absolute Gasteiger partial charge is 0.256 e. The summed E-state index contributed by atoms with van der Waals surface area (Å²) in [6, 6.07) is 14.0. The minimum absolute atomic E-state index is 0.146. The van der Waals surface area contributed by atoms with E-state index in [0.29, 0.717) is 36.7 Å². The van der Waals surface area contributed by atoms with E-state index in [-0.39, 0.29) is 16.7 Å². The van der Waals surface area contributed by atoms with Crippen LogP contribution >= 0.6 is 0 Å². The summed E-state index contributed by atoms with van der Waals surface area (Å²) in [5.41, 5.74) is 2.37. The number of fused-ring (bicyclic) bond motifs is 1. The van der Waals surface area contributed by atoms with E-state index in [1.807, 2.05) is 45.0 Å². The molecule has 1 saturated heterocycles. The maximum atomic E-state index is 13.5. The highest BCUT2D eigenvalue weighted by molar-refractivity contribution is 7.89. The Kier molecular flexibility index (Phi) is 7.19. The zero-order chi connectivity index (χ0) is 24.3. The predicted molar refractivity (Wildman–Crippen MR) is 134 cm³/mol. The standard InChI is InChI=1S/C26H31N3O4S/c1-4-33-25-13-12-19(34(31,32)29-14-8-5-9-15-29)16-24(25)28-26(30)21-17-23(18(2)3)27-22-11-7-6-10-20(21)22/h6-7,10-13,16-18H,4-5,8-9,14-15H2,1-3H3,(H,28,30). The van der Waals surface area contributed by atoms with Gasteiger partial charge in [0.05, 0.1) is 28.3 Å². The van der Waals surface area contributed by atoms with Crippen molar-refractivity contribution < 1.29 is 17.9 Å². The first-order valence-corrected chi connectivity index (χ1v) is 13.2. The van der Waals surface area contributed by atoms with Gasteiger partial charge in [0.25, 0.3) is 5.91 Å². The third-order valence-electron chi connectivity index (χ3n) is 6.02. The molecule has 0 unspecified atom stereocenters. The number of rotatable bonds is 7. The number of para-hydroxylation sites is 1. The van der Waals surface area contributed by atoms with Crippen LogP contribution in [0.1, 0.15) is 62.0 Å². The van der Waals surface area contributed by atoms with E-state index in [2.05, 4.69) is 10.3 Å². The van der Waals surface area contributed by atoms with E-state index in [9.17, 15) is 13.2 Å². The quantitative estimate of drug-likeness (QED) is 0.502. The van der Waals surface area contributed by atoms with Crippen molar-refractivity contribution in [1.29, 1.82) is 0 Å². The second-order valence-electron chi connectivity index (χ2n) is 8.78. The maximum Gasteiger partial charge on any atom is 0.256 e. The molecule has 2 heterocycles. The molecular formula is C26H31N3O4S. The second-order valence-corrected chi connectivity index (χ2v) is 10.7. The van der Waals surface area contributed by atoms with Crippen molar-refractivity contribution in [1.82, 2.24) is 9.29 Å². The largest absolute Gasteiger partial charge is 0.492 e. The number of aromatic nitrogens is 1. The first-order valence-electron chi connectivity index (χ1n) is 11.8. The lowest BCUT2D eigenvalue weighted by molar-refractivity contribution is 0.102. The molecular weight excluding hydrogens is 450 g/mol. The average molecular weight is 482 g/mol. The van der Waals surface area contributed by atoms with E-state index < -0.39 is 10.0 Å². The van der Waals surface area contributed by atoms with E-state index in [0.717, 1.165) is 35.9 Å². The molecule has 3 aromatic rings. The Morgan fingerprint density at radius 3 is 2.53 bits per heavy atom. The number of sulfonamides is 1. The summed E-state index contributed by atoms with van der Waals surface area (Å²) in [6.07, 6.45) is 2.75. The lowest BCUT2D eigenvalue weighted by Crippen LogP contribution is -2.35. The first kappa shape index (κ1) is 24.2. The van der Waals surface area contributed by atoms with E-state index in [1.54, 1.807) is 18.2 Å². The molecule has 1 N–H and O–H groups in total. The van der Waals surface area contributed by atoms with Crippen LogP contribution in [0.5, 0.6) is 5.75 Å². The van der Waals surface area contributed by atoms with Gasteiger partial charge in [-0.3, -0.25) is 9.78 Å². The molecule has 0 aliphatic carbocycles. The summed E-state index contributed by atoms with van der Waals surface area (Å²) in [5.74, 6) is 0.234. The van der Waals surface area contributed by atoms with Gasteiger partial charge in [-0.1, -0.05) is 38.5 Å². The molecule has 1 fully saturated rings. The second kappa shape index (κ2) is 10.1. The van der Waals surface area contributed by atoms with Crippen molar-refractivity contribution in [2.75, 3.05) is 25.0 Å². The normalized spacial score (nSPS) is 14.9. The van der Waals surface area contributed by atoms with Gasteiger partial charge in [-0.05, 0) is 56.0 Å². The molecule has 0 atom stereocenters. The van der Waals surface area contributed by atoms with E-state index in [1.165, 1.54) is 10.4 Å². The van der Waals surface area contributed by atoms with Crippen LogP contribution in [0, 0.1) is 0 Å². The molecule has 0 radical (unpaired) electrons. The molecule has 0 bridgehead atoms. The van der Waals surface area contributed by atoms with Gasteiger partial charge in [0.15, 0.2) is 0 Å². The van der Waals surface area contributed by atoms with Gasteiger partial charge in [0.2, 0.25) is 10.0 Å². The van der Waals surface area contributed by atoms with Crippen LogP contribution < -0.4 is 10.1 Å². The highest BCUT2D eigenvalue weighted by Gasteiger charge is 2.27. The Bertz CT molecular complexity index is 1300. The summed E-state index contributed by atoms with van der Waals surface area (Å²) in [6.45, 7) is 7.31. The number of ether oxygens (including phenoxy) is 1. The Morgan fingerprint density at radius 1 is 1.09 bits per heavy atom. The lowest BCUT2D eigenvalue weighted by Gasteiger charge is -2.26. The Labute approximate surface area is 201 Å². The Balaban J connectivity index is 1.73. The van der Waals surface area contributed by atoms with Gasteiger partial charge in [-0.15, -0.1) is 0 Å². The summed E-state index contributed by atoms with van der Waals surface area (Å²) >= 11 is 0. The summed E-state index contributed by atoms with van der Waals surface area (Å²) < 4.78 is 33.7. The van der Waals surface area contributed by atoms with Crippen molar-refractivity contribution >= 4 is 32.5 Å². The third kappa shape index (κ3) is 4.93. The number of carbonyl (C=O) groups is 1. The number of hydrogen-bond acceptors (Lipinski definition) is 5. The van der Waals surface area contributed by atoms with Crippen LogP contribution in [0.25, 0.3) is 10.9 Å². The van der Waals surface area contributed by atoms with Crippen molar-refractivity contribution in [3.63, 3.8) is 0 Å². The van der Waals surface area contributed by atoms with Crippen LogP contribution in [0.15, 0.2) is 53.4 Å². The van der Waals surface area contributed by atoms with Crippen LogP contribution in [-0.2, 0) is 10.0 Å². The minimum atomic E-state index is -3.65. The maximum absolute atomic E-state index is 13.5. The fourth-order valence-electron chi connectivity index (χ4n) is 4.17. The molecule has 1 aliphatic heterocycles. The number of nitrogens with one attached hydrogen (secondary N) is 1. The number of amides is 1. The molecule has 34 heavy (non-hydrogen) atoms. The van der Waals surface area contributed by atoms with Gasteiger partial charge < -0.3 is 10.1 Å². The first-order chi connectivity index (χ1) is 16.3. The van der Waals surface area contributed by atoms with Crippen LogP contribution in [0.2, 0.25) is 0 Å². The van der Waals surface area contributed by atoms with E-state index in [4.69, 9.17) is 4.74 Å². The fourth-order valence-corrected chi connectivity index (χ4v) is 5.72. The highest BCUT2D eigenvalue weighted by atomic mass is 32.2. The third-order valence-corrected chi connectivity index (χ3v) is 7.92. The zero-order valence-electron chi connectivity index (χ0n) is 19.9. The Morgan fingerprint density at radius 2 is 1.82 bits per heavy atom. The molecule has 7 nitrogen and oxygen atoms in total. The highest BCUT2D eigenvalue weighted by Crippen LogP contribution is 2.31. The monoisotopic (exact) mass is 481 g/mol. The summed E-state index contributed by atoms with van der Waals surface area (Å²) in [7, 11) is -3.65. The van der Waals surface area contributed by atoms with Crippen molar-refractivity contribution in [2.24, 2.45) is 0 Å². The number of pyridine rings is 1. The van der Waals surface area contributed by atoms with Crippen LogP contribution in [0.3, 0.4) is 0 Å². The number of carbonyl (C=O) groups excluding carboxylic acids is 1. The molecule has 1 aliphatic rings. The van der Waals surface area contributed by atoms with Gasteiger partial charge in [-0.25, -0.2) is 8.42 Å². The molecule has 4 rings (SSSR count). The number of anilines is 1. The van der Waals surface area contributed by atoms with Gasteiger partial charge in [-0.2, -0.15) is 4.31 Å². The molecule has 1 aromatic heterocycles. The van der Waals surface area contributed by atoms with Crippen LogP contribution in [0.4, 0.5) is 5.69 Å². The number of piperidine rings is 1. The van der Waals surface area contributed by atoms with Crippen molar-refractivity contribution in [2.45, 2.75) is 50.8 Å². The molecule has 0 spiro atoms. The van der Waals surface area contributed by atoms with Crippen molar-refractivity contribution in [3.8, 4) is 5.75 Å². The SMILES string of the molecule is CCOc1ccc(S(=O)(=O)N2CCCCC2)cc1NC(=O)c1cc(C(C)C)nc2ccccc12. The summed E-state index contributed by atoms with van der Waals surface area (Å²) in [4.78, 5) is 18.3.